The highest BCUT2D eigenvalue weighted by molar-refractivity contribution is 5.40. The lowest BCUT2D eigenvalue weighted by Crippen LogP contribution is -2.19. The molecule has 2 atom stereocenters. The van der Waals surface area contributed by atoms with Crippen LogP contribution in [0.25, 0.3) is 0 Å². The summed E-state index contributed by atoms with van der Waals surface area (Å²) < 4.78 is 6.03. The molecule has 2 aromatic rings. The van der Waals surface area contributed by atoms with E-state index < -0.39 is 0 Å². The van der Waals surface area contributed by atoms with Crippen LogP contribution in [0, 0.1) is 13.8 Å². The first-order valence-corrected chi connectivity index (χ1v) is 7.59. The minimum atomic E-state index is 0.144. The minimum absolute atomic E-state index is 0.144. The third kappa shape index (κ3) is 3.11. The van der Waals surface area contributed by atoms with Crippen LogP contribution in [0.1, 0.15) is 34.6 Å². The fraction of sp³-hybridized carbons (Fsp3) is 0.368. The summed E-state index contributed by atoms with van der Waals surface area (Å²) in [5.41, 5.74) is 5.00. The quantitative estimate of drug-likeness (QED) is 0.925. The van der Waals surface area contributed by atoms with E-state index in [1.165, 1.54) is 22.3 Å². The molecule has 2 nitrogen and oxygen atoms in total. The predicted octanol–water partition coefficient (Wildman–Crippen LogP) is 3.77. The lowest BCUT2D eigenvalue weighted by molar-refractivity contribution is 0.179. The molecule has 0 radical (unpaired) electrons. The van der Waals surface area contributed by atoms with Crippen LogP contribution in [0.4, 0.5) is 0 Å². The van der Waals surface area contributed by atoms with Crippen LogP contribution in [0.2, 0.25) is 0 Å². The second-order valence-electron chi connectivity index (χ2n) is 6.08. The van der Waals surface area contributed by atoms with Crippen molar-refractivity contribution in [1.29, 1.82) is 0 Å². The zero-order chi connectivity index (χ0) is 14.8. The van der Waals surface area contributed by atoms with E-state index in [0.29, 0.717) is 0 Å². The van der Waals surface area contributed by atoms with Crippen molar-refractivity contribution in [2.24, 2.45) is 0 Å². The third-order valence-electron chi connectivity index (χ3n) is 4.27. The molecule has 0 aliphatic carbocycles. The van der Waals surface area contributed by atoms with Gasteiger partial charge in [-0.15, -0.1) is 0 Å². The van der Waals surface area contributed by atoms with Crippen molar-refractivity contribution in [1.82, 2.24) is 0 Å². The molecule has 0 fully saturated rings. The Morgan fingerprint density at radius 1 is 1.10 bits per heavy atom. The van der Waals surface area contributed by atoms with Crippen molar-refractivity contribution in [2.45, 2.75) is 38.7 Å². The lowest BCUT2D eigenvalue weighted by atomic mass is 9.92. The largest absolute Gasteiger partial charge is 0.490 e. The fourth-order valence-electron chi connectivity index (χ4n) is 3.05. The molecule has 2 heteroatoms. The normalized spacial score (nSPS) is 18.1. The molecule has 110 valence electrons. The maximum absolute atomic E-state index is 9.71. The molecule has 2 aromatic carbocycles. The summed E-state index contributed by atoms with van der Waals surface area (Å²) in [7, 11) is 0. The van der Waals surface area contributed by atoms with Gasteiger partial charge in [-0.2, -0.15) is 0 Å². The maximum Gasteiger partial charge on any atom is 0.123 e. The highest BCUT2D eigenvalue weighted by Crippen LogP contribution is 2.33. The lowest BCUT2D eigenvalue weighted by Gasteiger charge is -2.19. The zero-order valence-corrected chi connectivity index (χ0v) is 12.7. The van der Waals surface area contributed by atoms with E-state index in [0.717, 1.165) is 18.6 Å². The summed E-state index contributed by atoms with van der Waals surface area (Å²) in [5.74, 6) is 1.15. The Labute approximate surface area is 126 Å². The molecule has 21 heavy (non-hydrogen) atoms. The summed E-state index contributed by atoms with van der Waals surface area (Å²) in [4.78, 5) is 0. The van der Waals surface area contributed by atoms with Crippen molar-refractivity contribution >= 4 is 0 Å². The van der Waals surface area contributed by atoms with E-state index >= 15 is 0 Å². The van der Waals surface area contributed by atoms with Crippen LogP contribution in [0.3, 0.4) is 0 Å². The van der Waals surface area contributed by atoms with Gasteiger partial charge in [0.1, 0.15) is 11.9 Å². The van der Waals surface area contributed by atoms with Crippen molar-refractivity contribution < 1.29 is 9.84 Å². The SMILES string of the molecule is Cc1ccc(C(CO)CC2Cc3cc(C)ccc3O2)cc1. The third-order valence-corrected chi connectivity index (χ3v) is 4.27. The molecular formula is C19H22O2. The summed E-state index contributed by atoms with van der Waals surface area (Å²) >= 11 is 0. The van der Waals surface area contributed by atoms with E-state index in [1.54, 1.807) is 0 Å². The Balaban J connectivity index is 1.70. The summed E-state index contributed by atoms with van der Waals surface area (Å²) in [5, 5.41) is 9.71. The van der Waals surface area contributed by atoms with Crippen molar-refractivity contribution in [3.8, 4) is 5.75 Å². The topological polar surface area (TPSA) is 29.5 Å². The molecule has 3 rings (SSSR count). The molecule has 1 N–H and O–H groups in total. The molecular weight excluding hydrogens is 260 g/mol. The monoisotopic (exact) mass is 282 g/mol. The second kappa shape index (κ2) is 5.90. The van der Waals surface area contributed by atoms with Gasteiger partial charge in [0.2, 0.25) is 0 Å². The van der Waals surface area contributed by atoms with Crippen molar-refractivity contribution in [3.05, 3.63) is 64.7 Å². The van der Waals surface area contributed by atoms with Crippen LogP contribution in [0.5, 0.6) is 5.75 Å². The number of hydrogen-bond acceptors (Lipinski definition) is 2. The average Bonchev–Trinajstić information content (AvgIpc) is 2.87. The second-order valence-corrected chi connectivity index (χ2v) is 6.08. The molecule has 0 amide bonds. The van der Waals surface area contributed by atoms with Gasteiger partial charge in [-0.25, -0.2) is 0 Å². The van der Waals surface area contributed by atoms with E-state index in [9.17, 15) is 5.11 Å². The number of rotatable bonds is 4. The van der Waals surface area contributed by atoms with Crippen LogP contribution < -0.4 is 4.74 Å². The van der Waals surface area contributed by atoms with Crippen LogP contribution in [-0.4, -0.2) is 17.8 Å². The van der Waals surface area contributed by atoms with Crippen molar-refractivity contribution in [3.63, 3.8) is 0 Å². The Hall–Kier alpha value is -1.80. The molecule has 2 unspecified atom stereocenters. The number of aliphatic hydroxyl groups is 1. The number of benzene rings is 2. The Bertz CT molecular complexity index is 616. The molecule has 0 aromatic heterocycles. The molecule has 0 saturated heterocycles. The standard InChI is InChI=1S/C19H22O2/c1-13-3-6-15(7-4-13)17(12-20)11-18-10-16-9-14(2)5-8-19(16)21-18/h3-9,17-18,20H,10-12H2,1-2H3. The number of ether oxygens (including phenoxy) is 1. The van der Waals surface area contributed by atoms with Gasteiger partial charge >= 0.3 is 0 Å². The number of aliphatic hydroxyl groups excluding tert-OH is 1. The predicted molar refractivity (Wildman–Crippen MR) is 84.9 cm³/mol. The van der Waals surface area contributed by atoms with Gasteiger partial charge in [0.05, 0.1) is 6.61 Å². The fourth-order valence-corrected chi connectivity index (χ4v) is 3.05. The molecule has 0 saturated carbocycles. The maximum atomic E-state index is 9.71. The van der Waals surface area contributed by atoms with Gasteiger partial charge in [0, 0.05) is 12.3 Å². The van der Waals surface area contributed by atoms with Crippen molar-refractivity contribution in [2.75, 3.05) is 6.61 Å². The Kier molecular flexibility index (Phi) is 3.98. The number of fused-ring (bicyclic) bond motifs is 1. The van der Waals surface area contributed by atoms with Crippen LogP contribution in [-0.2, 0) is 6.42 Å². The molecule has 0 spiro atoms. The van der Waals surface area contributed by atoms with E-state index in [-0.39, 0.29) is 18.6 Å². The summed E-state index contributed by atoms with van der Waals surface area (Å²) in [6.07, 6.45) is 1.97. The smallest absolute Gasteiger partial charge is 0.123 e. The summed E-state index contributed by atoms with van der Waals surface area (Å²) in [6, 6.07) is 14.8. The number of hydrogen-bond donors (Lipinski definition) is 1. The van der Waals surface area contributed by atoms with E-state index in [1.807, 2.05) is 0 Å². The van der Waals surface area contributed by atoms with Gasteiger partial charge in [-0.3, -0.25) is 0 Å². The molecule has 1 aliphatic rings. The average molecular weight is 282 g/mol. The Morgan fingerprint density at radius 3 is 2.52 bits per heavy atom. The van der Waals surface area contributed by atoms with E-state index in [2.05, 4.69) is 56.3 Å². The number of aryl methyl sites for hydroxylation is 2. The molecule has 1 heterocycles. The highest BCUT2D eigenvalue weighted by atomic mass is 16.5. The first-order valence-electron chi connectivity index (χ1n) is 7.59. The van der Waals surface area contributed by atoms with Gasteiger partial charge in [-0.1, -0.05) is 47.5 Å². The first kappa shape index (κ1) is 14.2. The molecule has 0 bridgehead atoms. The van der Waals surface area contributed by atoms with E-state index in [4.69, 9.17) is 4.74 Å². The molecule has 1 aliphatic heterocycles. The highest BCUT2D eigenvalue weighted by Gasteiger charge is 2.26. The van der Waals surface area contributed by atoms with Gasteiger partial charge < -0.3 is 9.84 Å². The first-order chi connectivity index (χ1) is 10.2. The minimum Gasteiger partial charge on any atom is -0.490 e. The van der Waals surface area contributed by atoms with Gasteiger partial charge in [-0.05, 0) is 37.5 Å². The van der Waals surface area contributed by atoms with Crippen LogP contribution >= 0.6 is 0 Å². The van der Waals surface area contributed by atoms with Crippen LogP contribution in [0.15, 0.2) is 42.5 Å². The summed E-state index contributed by atoms with van der Waals surface area (Å²) in [6.45, 7) is 4.35. The Morgan fingerprint density at radius 2 is 1.81 bits per heavy atom. The van der Waals surface area contributed by atoms with Gasteiger partial charge in [0.25, 0.3) is 0 Å². The van der Waals surface area contributed by atoms with Gasteiger partial charge in [0.15, 0.2) is 0 Å². The zero-order valence-electron chi connectivity index (χ0n) is 12.7.